The molecule has 0 bridgehead atoms. The van der Waals surface area contributed by atoms with Gasteiger partial charge in [0.25, 0.3) is 5.91 Å². The smallest absolute Gasteiger partial charge is 0.331 e. The van der Waals surface area contributed by atoms with E-state index in [1.165, 1.54) is 43.2 Å². The Morgan fingerprint density at radius 2 is 1.90 bits per heavy atom. The minimum absolute atomic E-state index is 0.198. The molecule has 0 radical (unpaired) electrons. The summed E-state index contributed by atoms with van der Waals surface area (Å²) in [6.45, 7) is 2.78. The normalized spacial score (nSPS) is 11.6. The van der Waals surface area contributed by atoms with Gasteiger partial charge in [0.05, 0.1) is 11.4 Å². The van der Waals surface area contributed by atoms with Crippen LogP contribution in [0.25, 0.3) is 6.08 Å². The number of rotatable bonds is 6. The molecular weight excluding hydrogens is 396 g/mol. The number of carbonyl (C=O) groups excluding carboxylic acids is 4. The molecular formula is C19H20N4O5S. The quantitative estimate of drug-likeness (QED) is 0.551. The molecule has 0 aliphatic carbocycles. The molecule has 4 amide bonds. The Morgan fingerprint density at radius 1 is 1.21 bits per heavy atom. The largest absolute Gasteiger partial charge is 0.449 e. The van der Waals surface area contributed by atoms with Crippen molar-refractivity contribution in [1.82, 2.24) is 15.6 Å². The van der Waals surface area contributed by atoms with Gasteiger partial charge in [0.2, 0.25) is 5.91 Å². The van der Waals surface area contributed by atoms with Gasteiger partial charge in [0.15, 0.2) is 11.2 Å². The molecule has 1 aromatic carbocycles. The molecule has 0 saturated heterocycles. The number of benzene rings is 1. The minimum Gasteiger partial charge on any atom is -0.449 e. The average Bonchev–Trinajstić information content (AvgIpc) is 3.15. The van der Waals surface area contributed by atoms with Gasteiger partial charge in [0, 0.05) is 25.4 Å². The second-order valence-electron chi connectivity index (χ2n) is 5.73. The fourth-order valence-corrected chi connectivity index (χ4v) is 3.01. The molecule has 10 heteroatoms. The minimum atomic E-state index is -1.15. The summed E-state index contributed by atoms with van der Waals surface area (Å²) >= 11 is 1.24. The molecule has 0 saturated carbocycles. The van der Waals surface area contributed by atoms with E-state index in [1.807, 2.05) is 23.5 Å². The van der Waals surface area contributed by atoms with E-state index in [4.69, 9.17) is 4.74 Å². The van der Waals surface area contributed by atoms with Crippen LogP contribution in [0.2, 0.25) is 0 Å². The number of nitrogens with zero attached hydrogens (tertiary/aromatic N) is 2. The number of amides is 4. The Bertz CT molecular complexity index is 926. The first kappa shape index (κ1) is 21.8. The zero-order chi connectivity index (χ0) is 21.4. The molecule has 0 fully saturated rings. The molecule has 0 aliphatic heterocycles. The lowest BCUT2D eigenvalue weighted by atomic mass is 10.3. The molecule has 2 rings (SSSR count). The van der Waals surface area contributed by atoms with Crippen LogP contribution in [-0.4, -0.2) is 42.0 Å². The fraction of sp³-hybridized carbons (Fsp3) is 0.211. The van der Waals surface area contributed by atoms with Crippen molar-refractivity contribution < 1.29 is 23.9 Å². The standard InChI is InChI=1S/C19H20N4O5S/c1-12(17(26)22-18(27)20-3)28-16(25)10-9-14-11-29-19(21-14)23(13(2)24)15-7-5-4-6-8-15/h4-12H,1-3H3,(H2,20,22,26,27)/b10-9+/t12-/m1/s1. The van der Waals surface area contributed by atoms with Crippen molar-refractivity contribution in [1.29, 1.82) is 0 Å². The zero-order valence-electron chi connectivity index (χ0n) is 16.0. The van der Waals surface area contributed by atoms with Gasteiger partial charge in [0.1, 0.15) is 0 Å². The number of carbonyl (C=O) groups is 4. The summed E-state index contributed by atoms with van der Waals surface area (Å²) in [6, 6.07) is 8.37. The van der Waals surface area contributed by atoms with Gasteiger partial charge in [-0.05, 0) is 25.1 Å². The highest BCUT2D eigenvalue weighted by Crippen LogP contribution is 2.28. The molecule has 1 heterocycles. The second kappa shape index (κ2) is 10.1. The third-order valence-corrected chi connectivity index (χ3v) is 4.39. The third kappa shape index (κ3) is 6.25. The average molecular weight is 416 g/mol. The van der Waals surface area contributed by atoms with E-state index in [-0.39, 0.29) is 5.91 Å². The van der Waals surface area contributed by atoms with Gasteiger partial charge in [-0.1, -0.05) is 18.2 Å². The van der Waals surface area contributed by atoms with E-state index in [2.05, 4.69) is 10.3 Å². The molecule has 1 aromatic heterocycles. The maximum Gasteiger partial charge on any atom is 0.331 e. The van der Waals surface area contributed by atoms with Crippen LogP contribution in [-0.2, 0) is 19.1 Å². The summed E-state index contributed by atoms with van der Waals surface area (Å²) in [5.74, 6) is -1.72. The zero-order valence-corrected chi connectivity index (χ0v) is 16.9. The fourth-order valence-electron chi connectivity index (χ4n) is 2.16. The highest BCUT2D eigenvalue weighted by molar-refractivity contribution is 7.14. The van der Waals surface area contributed by atoms with Crippen LogP contribution in [0.1, 0.15) is 19.5 Å². The number of urea groups is 1. The number of para-hydroxylation sites is 1. The van der Waals surface area contributed by atoms with E-state index >= 15 is 0 Å². The molecule has 2 N–H and O–H groups in total. The van der Waals surface area contributed by atoms with E-state index in [9.17, 15) is 19.2 Å². The van der Waals surface area contributed by atoms with Crippen molar-refractivity contribution in [2.75, 3.05) is 11.9 Å². The molecule has 0 unspecified atom stereocenters. The number of ether oxygens (including phenoxy) is 1. The lowest BCUT2D eigenvalue weighted by Crippen LogP contribution is -2.43. The molecule has 1 atom stereocenters. The maximum absolute atomic E-state index is 12.0. The predicted molar refractivity (Wildman–Crippen MR) is 109 cm³/mol. The number of imide groups is 1. The first-order valence-electron chi connectivity index (χ1n) is 8.54. The van der Waals surface area contributed by atoms with Crippen LogP contribution in [0.4, 0.5) is 15.6 Å². The Labute approximate surface area is 171 Å². The number of aromatic nitrogens is 1. The van der Waals surface area contributed by atoms with Gasteiger partial charge in [-0.15, -0.1) is 11.3 Å². The van der Waals surface area contributed by atoms with Crippen molar-refractivity contribution in [3.8, 4) is 0 Å². The number of hydrogen-bond acceptors (Lipinski definition) is 7. The molecule has 9 nitrogen and oxygen atoms in total. The number of esters is 1. The Hall–Kier alpha value is -3.53. The number of hydrogen-bond donors (Lipinski definition) is 2. The van der Waals surface area contributed by atoms with Crippen LogP contribution in [0.3, 0.4) is 0 Å². The van der Waals surface area contributed by atoms with Gasteiger partial charge in [-0.3, -0.25) is 19.8 Å². The SMILES string of the molecule is CNC(=O)NC(=O)[C@@H](C)OC(=O)/C=C/c1csc(N(C(C)=O)c2ccccc2)n1. The Morgan fingerprint density at radius 3 is 2.52 bits per heavy atom. The summed E-state index contributed by atoms with van der Waals surface area (Å²) in [5.41, 5.74) is 1.13. The first-order valence-corrected chi connectivity index (χ1v) is 9.42. The first-order chi connectivity index (χ1) is 13.8. The second-order valence-corrected chi connectivity index (χ2v) is 6.56. The lowest BCUT2D eigenvalue weighted by molar-refractivity contribution is -0.149. The van der Waals surface area contributed by atoms with E-state index in [0.717, 1.165) is 6.08 Å². The van der Waals surface area contributed by atoms with Crippen molar-refractivity contribution in [2.45, 2.75) is 20.0 Å². The summed E-state index contributed by atoms with van der Waals surface area (Å²) in [7, 11) is 1.36. The topological polar surface area (TPSA) is 118 Å². The molecule has 0 aliphatic rings. The summed E-state index contributed by atoms with van der Waals surface area (Å²) in [6.07, 6.45) is 1.37. The van der Waals surface area contributed by atoms with Crippen LogP contribution >= 0.6 is 11.3 Å². The Kier molecular flexibility index (Phi) is 7.61. The number of anilines is 2. The highest BCUT2D eigenvalue weighted by atomic mass is 32.1. The van der Waals surface area contributed by atoms with Crippen molar-refractivity contribution in [3.63, 3.8) is 0 Å². The van der Waals surface area contributed by atoms with Crippen LogP contribution < -0.4 is 15.5 Å². The third-order valence-electron chi connectivity index (χ3n) is 3.55. The van der Waals surface area contributed by atoms with E-state index in [0.29, 0.717) is 16.5 Å². The van der Waals surface area contributed by atoms with Gasteiger partial charge in [-0.2, -0.15) is 0 Å². The van der Waals surface area contributed by atoms with Crippen molar-refractivity contribution in [3.05, 3.63) is 47.5 Å². The van der Waals surface area contributed by atoms with E-state index in [1.54, 1.807) is 17.5 Å². The maximum atomic E-state index is 12.0. The molecule has 29 heavy (non-hydrogen) atoms. The summed E-state index contributed by atoms with van der Waals surface area (Å²) in [5, 5.41) is 6.37. The van der Waals surface area contributed by atoms with Gasteiger partial charge < -0.3 is 10.1 Å². The van der Waals surface area contributed by atoms with Crippen LogP contribution in [0.15, 0.2) is 41.8 Å². The van der Waals surface area contributed by atoms with Crippen LogP contribution in [0, 0.1) is 0 Å². The van der Waals surface area contributed by atoms with Crippen LogP contribution in [0.5, 0.6) is 0 Å². The number of nitrogens with one attached hydrogen (secondary N) is 2. The van der Waals surface area contributed by atoms with E-state index < -0.39 is 24.0 Å². The predicted octanol–water partition coefficient (Wildman–Crippen LogP) is 2.23. The molecule has 0 spiro atoms. The molecule has 152 valence electrons. The molecule has 2 aromatic rings. The van der Waals surface area contributed by atoms with Gasteiger partial charge >= 0.3 is 12.0 Å². The summed E-state index contributed by atoms with van der Waals surface area (Å²) < 4.78 is 4.93. The van der Waals surface area contributed by atoms with Gasteiger partial charge in [-0.25, -0.2) is 14.6 Å². The Balaban J connectivity index is 2.02. The summed E-state index contributed by atoms with van der Waals surface area (Å²) in [4.78, 5) is 52.5. The monoisotopic (exact) mass is 416 g/mol. The highest BCUT2D eigenvalue weighted by Gasteiger charge is 2.19. The van der Waals surface area contributed by atoms with Crippen molar-refractivity contribution >= 4 is 52.0 Å². The lowest BCUT2D eigenvalue weighted by Gasteiger charge is -2.17. The number of thiazole rings is 1. The van der Waals surface area contributed by atoms with Crippen molar-refractivity contribution in [2.24, 2.45) is 0 Å².